The second kappa shape index (κ2) is 5.82. The summed E-state index contributed by atoms with van der Waals surface area (Å²) in [5, 5.41) is 18.6. The maximum atomic E-state index is 11.3. The van der Waals surface area contributed by atoms with Crippen molar-refractivity contribution >= 4 is 23.6 Å². The first-order chi connectivity index (χ1) is 10.6. The SMILES string of the molecule is O=C(O)[C@@H]1CCCN1c1cccc(N2CCC[C@H]2C(=O)O)n1. The van der Waals surface area contributed by atoms with Crippen LogP contribution in [-0.2, 0) is 9.59 Å². The highest BCUT2D eigenvalue weighted by atomic mass is 16.4. The molecular weight excluding hydrogens is 286 g/mol. The molecule has 0 amide bonds. The molecule has 3 heterocycles. The number of aromatic nitrogens is 1. The number of carbonyl (C=O) groups is 2. The molecule has 1 aromatic rings. The second-order valence-corrected chi connectivity index (χ2v) is 5.73. The van der Waals surface area contributed by atoms with E-state index >= 15 is 0 Å². The Hall–Kier alpha value is -2.31. The third-order valence-corrected chi connectivity index (χ3v) is 4.38. The fourth-order valence-electron chi connectivity index (χ4n) is 3.33. The van der Waals surface area contributed by atoms with Crippen LogP contribution >= 0.6 is 0 Å². The minimum Gasteiger partial charge on any atom is -0.480 e. The number of hydrogen-bond acceptors (Lipinski definition) is 5. The molecule has 7 heteroatoms. The minimum atomic E-state index is -0.839. The van der Waals surface area contributed by atoms with Crippen LogP contribution in [0.4, 0.5) is 11.6 Å². The summed E-state index contributed by atoms with van der Waals surface area (Å²) >= 11 is 0. The number of rotatable bonds is 4. The molecule has 118 valence electrons. The average molecular weight is 305 g/mol. The molecule has 2 atom stereocenters. The van der Waals surface area contributed by atoms with Crippen LogP contribution in [0, 0.1) is 0 Å². The molecule has 0 bridgehead atoms. The zero-order valence-electron chi connectivity index (χ0n) is 12.2. The topological polar surface area (TPSA) is 94.0 Å². The van der Waals surface area contributed by atoms with Gasteiger partial charge in [0.15, 0.2) is 0 Å². The second-order valence-electron chi connectivity index (χ2n) is 5.73. The summed E-state index contributed by atoms with van der Waals surface area (Å²) in [5.74, 6) is -0.458. The molecule has 0 aliphatic carbocycles. The molecule has 2 N–H and O–H groups in total. The summed E-state index contributed by atoms with van der Waals surface area (Å²) in [6.45, 7) is 1.32. The number of aliphatic carboxylic acids is 2. The number of pyridine rings is 1. The van der Waals surface area contributed by atoms with E-state index in [4.69, 9.17) is 0 Å². The van der Waals surface area contributed by atoms with E-state index in [0.717, 1.165) is 12.8 Å². The van der Waals surface area contributed by atoms with E-state index < -0.39 is 24.0 Å². The minimum absolute atomic E-state index is 0.545. The van der Waals surface area contributed by atoms with Crippen LogP contribution in [0.3, 0.4) is 0 Å². The van der Waals surface area contributed by atoms with Gasteiger partial charge in [-0.2, -0.15) is 0 Å². The van der Waals surface area contributed by atoms with Crippen molar-refractivity contribution in [3.05, 3.63) is 18.2 Å². The Labute approximate surface area is 128 Å². The maximum absolute atomic E-state index is 11.3. The standard InChI is InChI=1S/C15H19N3O4/c19-14(20)10-4-2-8-17(10)12-6-1-7-13(16-12)18-9-3-5-11(18)15(21)22/h1,6-7,10-11H,2-5,8-9H2,(H,19,20)(H,21,22)/t10-,11-/m0/s1. The van der Waals surface area contributed by atoms with Gasteiger partial charge < -0.3 is 20.0 Å². The molecular formula is C15H19N3O4. The van der Waals surface area contributed by atoms with Gasteiger partial charge in [0.05, 0.1) is 0 Å². The molecule has 2 aliphatic heterocycles. The van der Waals surface area contributed by atoms with E-state index in [-0.39, 0.29) is 0 Å². The first-order valence-electron chi connectivity index (χ1n) is 7.54. The molecule has 3 rings (SSSR count). The molecule has 2 saturated heterocycles. The Kier molecular flexibility index (Phi) is 3.87. The predicted molar refractivity (Wildman–Crippen MR) is 80.2 cm³/mol. The van der Waals surface area contributed by atoms with Crippen molar-refractivity contribution in [2.75, 3.05) is 22.9 Å². The number of anilines is 2. The van der Waals surface area contributed by atoms with E-state index in [0.29, 0.717) is 37.6 Å². The van der Waals surface area contributed by atoms with Gasteiger partial charge in [0.2, 0.25) is 0 Å². The third-order valence-electron chi connectivity index (χ3n) is 4.38. The lowest BCUT2D eigenvalue weighted by atomic mass is 10.2. The normalized spacial score (nSPS) is 24.7. The predicted octanol–water partition coefficient (Wildman–Crippen LogP) is 1.19. The molecule has 0 saturated carbocycles. The Morgan fingerprint density at radius 3 is 1.82 bits per heavy atom. The number of carboxylic acids is 2. The van der Waals surface area contributed by atoms with Crippen LogP contribution in [0.2, 0.25) is 0 Å². The number of hydrogen-bond donors (Lipinski definition) is 2. The molecule has 1 aromatic heterocycles. The monoisotopic (exact) mass is 305 g/mol. The van der Waals surface area contributed by atoms with Gasteiger partial charge in [-0.15, -0.1) is 0 Å². The van der Waals surface area contributed by atoms with E-state index in [1.54, 1.807) is 21.9 Å². The van der Waals surface area contributed by atoms with Crippen LogP contribution in [0.1, 0.15) is 25.7 Å². The van der Waals surface area contributed by atoms with Gasteiger partial charge in [-0.05, 0) is 37.8 Å². The Balaban J connectivity index is 1.87. The Bertz CT molecular complexity index is 545. The van der Waals surface area contributed by atoms with Gasteiger partial charge in [0.1, 0.15) is 23.7 Å². The van der Waals surface area contributed by atoms with E-state index in [1.807, 2.05) is 6.07 Å². The average Bonchev–Trinajstić information content (AvgIpc) is 3.16. The van der Waals surface area contributed by atoms with Crippen molar-refractivity contribution in [1.29, 1.82) is 0 Å². The molecule has 22 heavy (non-hydrogen) atoms. The molecule has 2 aliphatic rings. The Morgan fingerprint density at radius 2 is 1.41 bits per heavy atom. The lowest BCUT2D eigenvalue weighted by molar-refractivity contribution is -0.139. The van der Waals surface area contributed by atoms with E-state index in [1.165, 1.54) is 0 Å². The van der Waals surface area contributed by atoms with Gasteiger partial charge in [-0.3, -0.25) is 0 Å². The zero-order chi connectivity index (χ0) is 15.7. The largest absolute Gasteiger partial charge is 0.480 e. The highest BCUT2D eigenvalue weighted by Crippen LogP contribution is 2.29. The lowest BCUT2D eigenvalue weighted by Crippen LogP contribution is -2.38. The van der Waals surface area contributed by atoms with Crippen molar-refractivity contribution in [2.24, 2.45) is 0 Å². The van der Waals surface area contributed by atoms with Crippen molar-refractivity contribution in [3.63, 3.8) is 0 Å². The highest BCUT2D eigenvalue weighted by Gasteiger charge is 2.34. The van der Waals surface area contributed by atoms with Gasteiger partial charge >= 0.3 is 11.9 Å². The third kappa shape index (κ3) is 2.58. The fraction of sp³-hybridized carbons (Fsp3) is 0.533. The van der Waals surface area contributed by atoms with Crippen molar-refractivity contribution in [1.82, 2.24) is 4.98 Å². The number of carboxylic acid groups (broad SMARTS) is 2. The van der Waals surface area contributed by atoms with Crippen molar-refractivity contribution < 1.29 is 19.8 Å². The summed E-state index contributed by atoms with van der Waals surface area (Å²) in [4.78, 5) is 30.7. The van der Waals surface area contributed by atoms with Crippen LogP contribution in [-0.4, -0.2) is 52.3 Å². The molecule has 0 spiro atoms. The van der Waals surface area contributed by atoms with Gasteiger partial charge in [-0.1, -0.05) is 6.07 Å². The van der Waals surface area contributed by atoms with Gasteiger partial charge in [0, 0.05) is 13.1 Å². The molecule has 0 radical (unpaired) electrons. The summed E-state index contributed by atoms with van der Waals surface area (Å²) in [5.41, 5.74) is 0. The van der Waals surface area contributed by atoms with Crippen LogP contribution in [0.5, 0.6) is 0 Å². The molecule has 0 unspecified atom stereocenters. The van der Waals surface area contributed by atoms with Gasteiger partial charge in [-0.25, -0.2) is 14.6 Å². The lowest BCUT2D eigenvalue weighted by Gasteiger charge is -2.26. The first-order valence-corrected chi connectivity index (χ1v) is 7.54. The van der Waals surface area contributed by atoms with Crippen molar-refractivity contribution in [3.8, 4) is 0 Å². The summed E-state index contributed by atoms with van der Waals surface area (Å²) in [6.07, 6.45) is 2.88. The van der Waals surface area contributed by atoms with E-state index in [2.05, 4.69) is 4.98 Å². The van der Waals surface area contributed by atoms with Crippen LogP contribution in [0.25, 0.3) is 0 Å². The quantitative estimate of drug-likeness (QED) is 0.862. The van der Waals surface area contributed by atoms with Crippen LogP contribution in [0.15, 0.2) is 18.2 Å². The maximum Gasteiger partial charge on any atom is 0.326 e. The Morgan fingerprint density at radius 1 is 0.955 bits per heavy atom. The first kappa shape index (κ1) is 14.6. The summed E-state index contributed by atoms with van der Waals surface area (Å²) in [7, 11) is 0. The number of nitrogens with zero attached hydrogens (tertiary/aromatic N) is 3. The van der Waals surface area contributed by atoms with Gasteiger partial charge in [0.25, 0.3) is 0 Å². The zero-order valence-corrected chi connectivity index (χ0v) is 12.2. The highest BCUT2D eigenvalue weighted by molar-refractivity contribution is 5.80. The fourth-order valence-corrected chi connectivity index (χ4v) is 3.33. The molecule has 2 fully saturated rings. The molecule has 7 nitrogen and oxygen atoms in total. The summed E-state index contributed by atoms with van der Waals surface area (Å²) in [6, 6.07) is 4.30. The van der Waals surface area contributed by atoms with E-state index in [9.17, 15) is 19.8 Å². The smallest absolute Gasteiger partial charge is 0.326 e. The van der Waals surface area contributed by atoms with Crippen molar-refractivity contribution in [2.45, 2.75) is 37.8 Å². The van der Waals surface area contributed by atoms with Crippen LogP contribution < -0.4 is 9.80 Å². The molecule has 0 aromatic carbocycles. The summed E-state index contributed by atoms with van der Waals surface area (Å²) < 4.78 is 0.